The Hall–Kier alpha value is -1.28. The van der Waals surface area contributed by atoms with Gasteiger partial charge in [0.25, 0.3) is 5.78 Å². The number of hydrogen-bond donors (Lipinski definition) is 2. The molecule has 0 aliphatic carbocycles. The lowest BCUT2D eigenvalue weighted by Crippen LogP contribution is -2.55. The molecule has 0 unspecified atom stereocenters. The highest BCUT2D eigenvalue weighted by molar-refractivity contribution is 6.39. The first-order valence-corrected chi connectivity index (χ1v) is 2.97. The quantitative estimate of drug-likeness (QED) is 0.423. The Morgan fingerprint density at radius 3 is 1.79 bits per heavy atom. The van der Waals surface area contributed by atoms with Crippen LogP contribution < -0.4 is 5.73 Å². The summed E-state index contributed by atoms with van der Waals surface area (Å²) in [6, 6.07) is 0. The van der Waals surface area contributed by atoms with Crippen LogP contribution in [0.25, 0.3) is 0 Å². The minimum atomic E-state index is -5.84. The predicted molar refractivity (Wildman–Crippen MR) is 32.8 cm³/mol. The van der Waals surface area contributed by atoms with E-state index in [0.717, 1.165) is 0 Å². The topological polar surface area (TPSA) is 66.9 Å². The van der Waals surface area contributed by atoms with E-state index in [-0.39, 0.29) is 0 Å². The van der Waals surface area contributed by atoms with Crippen LogP contribution in [0.3, 0.4) is 0 Å². The standard InChI is InChI=1S/C5H4F6N2O/c6-3(7)5(10,11)4(8,9)1(14)2(12)13/h3H,(H3,12,13). The second-order valence-electron chi connectivity index (χ2n) is 2.24. The maximum atomic E-state index is 12.3. The monoisotopic (exact) mass is 222 g/mol. The molecule has 0 heterocycles. The molecule has 0 amide bonds. The number of carbonyl (C=O) groups is 1. The van der Waals surface area contributed by atoms with Gasteiger partial charge >= 0.3 is 18.3 Å². The predicted octanol–water partition coefficient (Wildman–Crippen LogP) is 1.03. The SMILES string of the molecule is N=C(N)C(=O)C(F)(F)C(F)(F)C(F)F. The van der Waals surface area contributed by atoms with Gasteiger partial charge in [-0.15, -0.1) is 0 Å². The van der Waals surface area contributed by atoms with E-state index >= 15 is 0 Å². The first-order valence-electron chi connectivity index (χ1n) is 2.97. The van der Waals surface area contributed by atoms with Gasteiger partial charge in [0.1, 0.15) is 0 Å². The van der Waals surface area contributed by atoms with Crippen LogP contribution in [0.5, 0.6) is 0 Å². The minimum Gasteiger partial charge on any atom is -0.381 e. The number of alkyl halides is 6. The molecule has 0 atom stereocenters. The van der Waals surface area contributed by atoms with Gasteiger partial charge in [-0.2, -0.15) is 17.6 Å². The first-order chi connectivity index (χ1) is 6.05. The fourth-order valence-corrected chi connectivity index (χ4v) is 0.458. The molecule has 9 heteroatoms. The van der Waals surface area contributed by atoms with Crippen molar-refractivity contribution < 1.29 is 31.1 Å². The molecule has 0 spiro atoms. The van der Waals surface area contributed by atoms with Gasteiger partial charge < -0.3 is 5.73 Å². The van der Waals surface area contributed by atoms with Gasteiger partial charge in [0.05, 0.1) is 0 Å². The summed E-state index contributed by atoms with van der Waals surface area (Å²) in [6.07, 6.45) is -4.72. The van der Waals surface area contributed by atoms with E-state index in [1.807, 2.05) is 0 Å². The summed E-state index contributed by atoms with van der Waals surface area (Å²) < 4.78 is 71.6. The van der Waals surface area contributed by atoms with Gasteiger partial charge in [-0.25, -0.2) is 8.78 Å². The fraction of sp³-hybridized carbons (Fsp3) is 0.600. The highest BCUT2D eigenvalue weighted by atomic mass is 19.3. The van der Waals surface area contributed by atoms with Gasteiger partial charge in [0.2, 0.25) is 0 Å². The lowest BCUT2D eigenvalue weighted by atomic mass is 10.1. The summed E-state index contributed by atoms with van der Waals surface area (Å²) in [7, 11) is 0. The Bertz CT molecular complexity index is 263. The highest BCUT2D eigenvalue weighted by Gasteiger charge is 2.67. The number of nitrogens with one attached hydrogen (secondary N) is 1. The molecule has 3 nitrogen and oxygen atoms in total. The summed E-state index contributed by atoms with van der Waals surface area (Å²) in [5.74, 6) is -16.2. The molecule has 14 heavy (non-hydrogen) atoms. The Balaban J connectivity index is 5.14. The molecule has 0 aliphatic heterocycles. The number of Topliss-reactive ketones (excluding diaryl/α,β-unsaturated/α-hetero) is 1. The molecule has 3 N–H and O–H groups in total. The third kappa shape index (κ3) is 1.80. The van der Waals surface area contributed by atoms with Crippen molar-refractivity contribution in [1.82, 2.24) is 0 Å². The summed E-state index contributed by atoms with van der Waals surface area (Å²) in [5.41, 5.74) is 4.19. The zero-order chi connectivity index (χ0) is 11.7. The molecule has 82 valence electrons. The molecule has 0 radical (unpaired) electrons. The summed E-state index contributed by atoms with van der Waals surface area (Å²) in [6.45, 7) is 0. The molecule has 0 fully saturated rings. The molecule has 0 saturated carbocycles. The van der Waals surface area contributed by atoms with Crippen LogP contribution in [0.2, 0.25) is 0 Å². The zero-order valence-corrected chi connectivity index (χ0v) is 6.33. The van der Waals surface area contributed by atoms with Crippen LogP contribution in [0.15, 0.2) is 0 Å². The number of carbonyl (C=O) groups excluding carboxylic acids is 1. The van der Waals surface area contributed by atoms with E-state index in [1.165, 1.54) is 0 Å². The van der Waals surface area contributed by atoms with Crippen molar-refractivity contribution in [2.75, 3.05) is 0 Å². The van der Waals surface area contributed by atoms with Crippen LogP contribution in [0.4, 0.5) is 26.3 Å². The number of hydrogen-bond acceptors (Lipinski definition) is 2. The van der Waals surface area contributed by atoms with Crippen LogP contribution in [-0.2, 0) is 4.79 Å². The molecule has 0 aromatic heterocycles. The van der Waals surface area contributed by atoms with Crippen molar-refractivity contribution in [2.24, 2.45) is 5.73 Å². The normalized spacial score (nSPS) is 13.1. The average molecular weight is 222 g/mol. The van der Waals surface area contributed by atoms with Crippen LogP contribution >= 0.6 is 0 Å². The van der Waals surface area contributed by atoms with Crippen molar-refractivity contribution >= 4 is 11.6 Å². The summed E-state index contributed by atoms with van der Waals surface area (Å²) in [4.78, 5) is 10.2. The van der Waals surface area contributed by atoms with Crippen LogP contribution in [0.1, 0.15) is 0 Å². The first kappa shape index (κ1) is 12.7. The average Bonchev–Trinajstić information content (AvgIpc) is 2.01. The van der Waals surface area contributed by atoms with Crippen LogP contribution in [0, 0.1) is 5.41 Å². The van der Waals surface area contributed by atoms with E-state index < -0.39 is 29.9 Å². The lowest BCUT2D eigenvalue weighted by Gasteiger charge is -2.23. The summed E-state index contributed by atoms with van der Waals surface area (Å²) in [5, 5.41) is 6.15. The molecule has 0 aromatic carbocycles. The van der Waals surface area contributed by atoms with Crippen molar-refractivity contribution in [3.8, 4) is 0 Å². The van der Waals surface area contributed by atoms with E-state index in [4.69, 9.17) is 5.41 Å². The Labute approximate surface area is 73.4 Å². The number of ketones is 1. The summed E-state index contributed by atoms with van der Waals surface area (Å²) >= 11 is 0. The number of amidine groups is 1. The van der Waals surface area contributed by atoms with Gasteiger partial charge in [-0.05, 0) is 0 Å². The number of halogens is 6. The minimum absolute atomic E-state index is 1.91. The van der Waals surface area contributed by atoms with Gasteiger partial charge in [0.15, 0.2) is 5.84 Å². The second kappa shape index (κ2) is 3.46. The van der Waals surface area contributed by atoms with Crippen molar-refractivity contribution in [3.63, 3.8) is 0 Å². The molecule has 0 bridgehead atoms. The molecular weight excluding hydrogens is 218 g/mol. The molecule has 0 saturated heterocycles. The third-order valence-electron chi connectivity index (χ3n) is 1.22. The van der Waals surface area contributed by atoms with E-state index in [2.05, 4.69) is 5.73 Å². The largest absolute Gasteiger partial charge is 0.381 e. The van der Waals surface area contributed by atoms with Crippen molar-refractivity contribution in [2.45, 2.75) is 18.3 Å². The fourth-order valence-electron chi connectivity index (χ4n) is 0.458. The Kier molecular flexibility index (Phi) is 3.15. The Morgan fingerprint density at radius 2 is 1.57 bits per heavy atom. The van der Waals surface area contributed by atoms with E-state index in [9.17, 15) is 31.1 Å². The van der Waals surface area contributed by atoms with E-state index in [0.29, 0.717) is 0 Å². The van der Waals surface area contributed by atoms with Gasteiger partial charge in [0, 0.05) is 0 Å². The van der Waals surface area contributed by atoms with E-state index in [1.54, 1.807) is 0 Å². The molecule has 0 aromatic rings. The van der Waals surface area contributed by atoms with Crippen molar-refractivity contribution in [1.29, 1.82) is 5.41 Å². The maximum absolute atomic E-state index is 12.3. The highest BCUT2D eigenvalue weighted by Crippen LogP contribution is 2.39. The molecule has 0 rings (SSSR count). The van der Waals surface area contributed by atoms with Gasteiger partial charge in [-0.1, -0.05) is 0 Å². The number of nitrogens with two attached hydrogens (primary N) is 1. The molecule has 0 aliphatic rings. The lowest BCUT2D eigenvalue weighted by molar-refractivity contribution is -0.250. The number of rotatable bonds is 4. The zero-order valence-electron chi connectivity index (χ0n) is 6.33. The Morgan fingerprint density at radius 1 is 1.21 bits per heavy atom. The maximum Gasteiger partial charge on any atom is 0.380 e. The third-order valence-corrected chi connectivity index (χ3v) is 1.22. The van der Waals surface area contributed by atoms with Crippen molar-refractivity contribution in [3.05, 3.63) is 0 Å². The molecular formula is C5H4F6N2O. The van der Waals surface area contributed by atoms with Crippen LogP contribution in [-0.4, -0.2) is 29.9 Å². The second-order valence-corrected chi connectivity index (χ2v) is 2.24. The smallest absolute Gasteiger partial charge is 0.380 e. The van der Waals surface area contributed by atoms with Gasteiger partial charge in [-0.3, -0.25) is 10.2 Å².